The predicted molar refractivity (Wildman–Crippen MR) is 276 cm³/mol. The highest BCUT2D eigenvalue weighted by Gasteiger charge is 2.38. The van der Waals surface area contributed by atoms with Gasteiger partial charge in [0.05, 0.1) is 22.1 Å². The van der Waals surface area contributed by atoms with Gasteiger partial charge in [-0.15, -0.1) is 11.3 Å². The molecule has 9 rings (SSSR count). The first kappa shape index (κ1) is 44.2. The fourth-order valence-corrected chi connectivity index (χ4v) is 12.2. The average molecular weight is 876 g/mol. The Morgan fingerprint density at radius 3 is 1.57 bits per heavy atom. The van der Waals surface area contributed by atoms with E-state index in [2.05, 4.69) is 155 Å². The van der Waals surface area contributed by atoms with E-state index in [0.29, 0.717) is 0 Å². The van der Waals surface area contributed by atoms with E-state index >= 15 is 0 Å². The molecular formula is C59H71ClN2S. The molecule has 0 saturated heterocycles. The molecule has 1 aromatic heterocycles. The van der Waals surface area contributed by atoms with Crippen molar-refractivity contribution in [2.75, 3.05) is 9.80 Å². The molecule has 2 nitrogen and oxygen atoms in total. The zero-order valence-corrected chi connectivity index (χ0v) is 41.2. The molecule has 0 N–H and O–H groups in total. The van der Waals surface area contributed by atoms with Gasteiger partial charge >= 0.3 is 0 Å². The van der Waals surface area contributed by atoms with Gasteiger partial charge in [-0.3, -0.25) is 0 Å². The number of fused-ring (bicyclic) bond motifs is 4. The Bertz CT molecular complexity index is 2550. The van der Waals surface area contributed by atoms with E-state index in [1.165, 1.54) is 167 Å². The van der Waals surface area contributed by atoms with E-state index < -0.39 is 0 Å². The van der Waals surface area contributed by atoms with Crippen LogP contribution in [0.1, 0.15) is 170 Å². The quantitative estimate of drug-likeness (QED) is 0.164. The summed E-state index contributed by atoms with van der Waals surface area (Å²) in [6.07, 6.45) is 20.0. The second-order valence-electron chi connectivity index (χ2n) is 21.8. The minimum absolute atomic E-state index is 0.0204. The Morgan fingerprint density at radius 2 is 1.00 bits per heavy atom. The summed E-state index contributed by atoms with van der Waals surface area (Å²) in [5, 5.41) is 4.42. The van der Waals surface area contributed by atoms with Gasteiger partial charge in [0.25, 0.3) is 0 Å². The van der Waals surface area contributed by atoms with Crippen LogP contribution in [0.5, 0.6) is 0 Å². The second-order valence-corrected chi connectivity index (χ2v) is 23.1. The van der Waals surface area contributed by atoms with Crippen molar-refractivity contribution in [1.82, 2.24) is 0 Å². The Morgan fingerprint density at radius 1 is 0.508 bits per heavy atom. The maximum absolute atomic E-state index is 8.18. The Balaban J connectivity index is 1.28. The highest BCUT2D eigenvalue weighted by Crippen LogP contribution is 2.53. The van der Waals surface area contributed by atoms with Crippen LogP contribution in [-0.2, 0) is 41.9 Å². The van der Waals surface area contributed by atoms with Crippen molar-refractivity contribution < 1.29 is 0 Å². The lowest BCUT2D eigenvalue weighted by Crippen LogP contribution is -2.34. The normalized spacial score (nSPS) is 17.8. The minimum Gasteiger partial charge on any atom is -0.309 e. The second kappa shape index (κ2) is 17.7. The maximum Gasteiger partial charge on any atom is 0.0887 e. The first-order chi connectivity index (χ1) is 30.2. The summed E-state index contributed by atoms with van der Waals surface area (Å²) in [6.45, 7) is 18.9. The molecule has 0 spiro atoms. The molecule has 4 heteroatoms. The molecule has 0 amide bonds. The minimum atomic E-state index is 0.0204. The molecule has 6 aromatic rings. The third-order valence-corrected chi connectivity index (χ3v) is 16.4. The molecule has 3 aliphatic rings. The van der Waals surface area contributed by atoms with Crippen molar-refractivity contribution in [3.05, 3.63) is 140 Å². The molecule has 5 aromatic carbocycles. The van der Waals surface area contributed by atoms with Gasteiger partial charge in [0.15, 0.2) is 0 Å². The van der Waals surface area contributed by atoms with Gasteiger partial charge in [0.2, 0.25) is 0 Å². The van der Waals surface area contributed by atoms with Gasteiger partial charge in [-0.05, 0) is 193 Å². The maximum atomic E-state index is 8.18. The van der Waals surface area contributed by atoms with Crippen molar-refractivity contribution in [2.24, 2.45) is 0 Å². The molecular weight excluding hydrogens is 804 g/mol. The number of thiophene rings is 1. The summed E-state index contributed by atoms with van der Waals surface area (Å²) in [5.74, 6) is 0. The predicted octanol–water partition coefficient (Wildman–Crippen LogP) is 18.5. The lowest BCUT2D eigenvalue weighted by molar-refractivity contribution is 0.332. The van der Waals surface area contributed by atoms with Gasteiger partial charge in [0, 0.05) is 32.5 Å². The number of benzene rings is 5. The largest absolute Gasteiger partial charge is 0.309 e. The Labute approximate surface area is 389 Å². The van der Waals surface area contributed by atoms with E-state index in [0.717, 1.165) is 29.2 Å². The molecule has 0 saturated carbocycles. The summed E-state index contributed by atoms with van der Waals surface area (Å²) in [7, 11) is 0. The molecule has 1 heterocycles. The van der Waals surface area contributed by atoms with Crippen LogP contribution in [0, 0.1) is 6.92 Å². The van der Waals surface area contributed by atoms with E-state index in [9.17, 15) is 0 Å². The molecule has 0 unspecified atom stereocenters. The lowest BCUT2D eigenvalue weighted by Gasteiger charge is -2.42. The molecule has 330 valence electrons. The summed E-state index contributed by atoms with van der Waals surface area (Å²) in [6, 6.07) is 33.8. The van der Waals surface area contributed by atoms with E-state index in [4.69, 9.17) is 11.6 Å². The topological polar surface area (TPSA) is 6.48 Å². The first-order valence-corrected chi connectivity index (χ1v) is 25.7. The molecule has 0 bridgehead atoms. The smallest absolute Gasteiger partial charge is 0.0887 e. The summed E-state index contributed by atoms with van der Waals surface area (Å²) in [4.78, 5) is 5.02. The monoisotopic (exact) mass is 875 g/mol. The van der Waals surface area contributed by atoms with Crippen molar-refractivity contribution >= 4 is 67.1 Å². The number of nitrogens with zero attached hydrogens (tertiary/aromatic N) is 2. The number of hydrogen-bond donors (Lipinski definition) is 0. The fourth-order valence-electron chi connectivity index (χ4n) is 11.0. The van der Waals surface area contributed by atoms with Crippen LogP contribution in [-0.4, -0.2) is 0 Å². The first-order valence-electron chi connectivity index (χ1n) is 24.5. The van der Waals surface area contributed by atoms with Crippen LogP contribution in [0.4, 0.5) is 34.1 Å². The van der Waals surface area contributed by atoms with Crippen molar-refractivity contribution in [3.63, 3.8) is 0 Å². The summed E-state index contributed by atoms with van der Waals surface area (Å²) >= 11 is 10.0. The van der Waals surface area contributed by atoms with Gasteiger partial charge in [-0.25, -0.2) is 0 Å². The molecule has 3 aliphatic carbocycles. The zero-order chi connectivity index (χ0) is 44.1. The zero-order valence-electron chi connectivity index (χ0n) is 39.7. The Kier molecular flexibility index (Phi) is 12.4. The number of aryl methyl sites for hydroxylation is 5. The third-order valence-electron chi connectivity index (χ3n) is 15.1. The fraction of sp³-hybridized carbons (Fsp3) is 0.458. The van der Waals surface area contributed by atoms with Gasteiger partial charge in [-0.2, -0.15) is 0 Å². The van der Waals surface area contributed by atoms with Crippen LogP contribution in [0.25, 0.3) is 10.1 Å². The summed E-state index contributed by atoms with van der Waals surface area (Å²) < 4.78 is 1.29. The van der Waals surface area contributed by atoms with Gasteiger partial charge in [0.1, 0.15) is 0 Å². The molecule has 0 fully saturated rings. The lowest BCUT2D eigenvalue weighted by atomic mass is 9.63. The van der Waals surface area contributed by atoms with Crippen LogP contribution in [0.15, 0.2) is 90.3 Å². The molecule has 63 heavy (non-hydrogen) atoms. The standard InChI is InChI=1S/C59H71ClN2S/c1-40-33-52(61(46-26-23-41-19-15-11-9-13-17-21-43(41)35-46)47-27-24-42-20-16-12-10-14-18-22-44(42)36-47)56(60)53(34-40)62(54-39-63-55-30-25-45(37-49(54)55)57(2,3)4)48-28-29-50-51(38-48)59(7,8)32-31-58(50,5)6/h23-30,33-39H,9-22,31-32H2,1-8H3. The average Bonchev–Trinajstić information content (AvgIpc) is 3.75. The Hall–Kier alpha value is -4.05. The van der Waals surface area contributed by atoms with Crippen molar-refractivity contribution in [1.29, 1.82) is 0 Å². The highest BCUT2D eigenvalue weighted by molar-refractivity contribution is 7.17. The number of rotatable bonds is 6. The number of anilines is 6. The van der Waals surface area contributed by atoms with Crippen LogP contribution < -0.4 is 9.80 Å². The molecule has 0 aliphatic heterocycles. The highest BCUT2D eigenvalue weighted by atomic mass is 35.5. The van der Waals surface area contributed by atoms with Crippen LogP contribution in [0.3, 0.4) is 0 Å². The van der Waals surface area contributed by atoms with E-state index in [1.807, 2.05) is 11.3 Å². The molecule has 0 atom stereocenters. The molecule has 0 radical (unpaired) electrons. The third kappa shape index (κ3) is 9.00. The number of hydrogen-bond acceptors (Lipinski definition) is 3. The van der Waals surface area contributed by atoms with Gasteiger partial charge < -0.3 is 9.80 Å². The van der Waals surface area contributed by atoms with Crippen molar-refractivity contribution in [3.8, 4) is 0 Å². The van der Waals surface area contributed by atoms with E-state index in [-0.39, 0.29) is 16.2 Å². The SMILES string of the molecule is Cc1cc(N(c2ccc3c(c2)CCCCCCC3)c2ccc3c(c2)CCCCCCC3)c(Cl)c(N(c2ccc3c(c2)C(C)(C)CCC3(C)C)c2csc3ccc(C(C)(C)C)cc23)c1. The van der Waals surface area contributed by atoms with Crippen molar-refractivity contribution in [2.45, 2.75) is 174 Å². The van der Waals surface area contributed by atoms with Gasteiger partial charge in [-0.1, -0.05) is 123 Å². The van der Waals surface area contributed by atoms with Crippen LogP contribution >= 0.6 is 22.9 Å². The van der Waals surface area contributed by atoms with Crippen LogP contribution in [0.2, 0.25) is 5.02 Å². The number of halogens is 1. The summed E-state index contributed by atoms with van der Waals surface area (Å²) in [5.41, 5.74) is 18.5. The van der Waals surface area contributed by atoms with E-state index in [1.54, 1.807) is 0 Å².